The summed E-state index contributed by atoms with van der Waals surface area (Å²) in [6.07, 6.45) is 0.402. The molecule has 0 aliphatic heterocycles. The molecule has 0 aliphatic carbocycles. The van der Waals surface area contributed by atoms with Crippen LogP contribution in [-0.2, 0) is 0 Å². The highest BCUT2D eigenvalue weighted by Gasteiger charge is 2.10. The van der Waals surface area contributed by atoms with E-state index in [0.29, 0.717) is 6.29 Å². The molecule has 0 radical (unpaired) electrons. The molecule has 1 aromatic heterocycles. The molecule has 14 heavy (non-hydrogen) atoms. The van der Waals surface area contributed by atoms with E-state index in [1.165, 1.54) is 6.92 Å². The highest BCUT2D eigenvalue weighted by atomic mass is 16.4. The van der Waals surface area contributed by atoms with Gasteiger partial charge < -0.3 is 5.11 Å². The summed E-state index contributed by atoms with van der Waals surface area (Å²) in [5, 5.41) is 8.66. The minimum Gasteiger partial charge on any atom is -0.478 e. The van der Waals surface area contributed by atoms with Crippen LogP contribution in [0.15, 0.2) is 12.1 Å². The summed E-state index contributed by atoms with van der Waals surface area (Å²) in [6, 6.07) is 2.25. The van der Waals surface area contributed by atoms with E-state index in [2.05, 4.69) is 4.98 Å². The minimum absolute atomic E-state index is 0.0213. The number of hydrogen-bond donors (Lipinski definition) is 1. The predicted molar refractivity (Wildman–Crippen MR) is 46.6 cm³/mol. The average molecular weight is 193 g/mol. The van der Waals surface area contributed by atoms with Gasteiger partial charge in [0, 0.05) is 6.92 Å². The zero-order valence-electron chi connectivity index (χ0n) is 7.35. The summed E-state index contributed by atoms with van der Waals surface area (Å²) < 4.78 is 0. The standard InChI is InChI=1S/C9H7NO4/c1-5(12)8-3-6(9(13)14)2-7(4-11)10-8/h2-4H,1H3,(H,13,14). The first-order valence-electron chi connectivity index (χ1n) is 3.76. The fourth-order valence-electron chi connectivity index (χ4n) is 0.916. The third kappa shape index (κ3) is 2.01. The van der Waals surface area contributed by atoms with Gasteiger partial charge in [-0.1, -0.05) is 0 Å². The van der Waals surface area contributed by atoms with Gasteiger partial charge in [0.15, 0.2) is 12.1 Å². The number of nitrogens with zero attached hydrogens (tertiary/aromatic N) is 1. The van der Waals surface area contributed by atoms with Gasteiger partial charge in [0.05, 0.1) is 5.56 Å². The molecule has 0 saturated carbocycles. The SMILES string of the molecule is CC(=O)c1cc(C(=O)O)cc(C=O)n1. The Hall–Kier alpha value is -2.04. The fraction of sp³-hybridized carbons (Fsp3) is 0.111. The van der Waals surface area contributed by atoms with Crippen LogP contribution in [0.4, 0.5) is 0 Å². The predicted octanol–water partition coefficient (Wildman–Crippen LogP) is 0.795. The lowest BCUT2D eigenvalue weighted by Gasteiger charge is -1.99. The van der Waals surface area contributed by atoms with Crippen LogP contribution in [0.5, 0.6) is 0 Å². The van der Waals surface area contributed by atoms with Crippen molar-refractivity contribution in [2.24, 2.45) is 0 Å². The van der Waals surface area contributed by atoms with Crippen molar-refractivity contribution in [3.63, 3.8) is 0 Å². The van der Waals surface area contributed by atoms with Crippen molar-refractivity contribution in [3.05, 3.63) is 29.1 Å². The summed E-state index contributed by atoms with van der Waals surface area (Å²) in [7, 11) is 0. The molecular formula is C9H7NO4. The van der Waals surface area contributed by atoms with Crippen molar-refractivity contribution in [1.29, 1.82) is 0 Å². The molecule has 0 aromatic carbocycles. The Balaban J connectivity index is 3.34. The topological polar surface area (TPSA) is 84.3 Å². The molecule has 0 fully saturated rings. The average Bonchev–Trinajstić information content (AvgIpc) is 2.16. The van der Waals surface area contributed by atoms with Crippen LogP contribution in [0.25, 0.3) is 0 Å². The molecule has 1 rings (SSSR count). The Morgan fingerprint density at radius 3 is 2.50 bits per heavy atom. The normalized spacial score (nSPS) is 9.50. The first-order chi connectivity index (χ1) is 6.54. The molecular weight excluding hydrogens is 186 g/mol. The number of pyridine rings is 1. The maximum atomic E-state index is 10.9. The summed E-state index contributed by atoms with van der Waals surface area (Å²) in [4.78, 5) is 35.5. The number of carbonyl (C=O) groups excluding carboxylic acids is 2. The van der Waals surface area contributed by atoms with Crippen LogP contribution in [0.3, 0.4) is 0 Å². The number of aldehydes is 1. The first-order valence-corrected chi connectivity index (χ1v) is 3.76. The van der Waals surface area contributed by atoms with Crippen molar-refractivity contribution in [2.45, 2.75) is 6.92 Å². The van der Waals surface area contributed by atoms with Crippen molar-refractivity contribution >= 4 is 18.0 Å². The minimum atomic E-state index is -1.20. The maximum Gasteiger partial charge on any atom is 0.335 e. The lowest BCUT2D eigenvalue weighted by Crippen LogP contribution is -2.05. The molecule has 1 N–H and O–H groups in total. The third-order valence-corrected chi connectivity index (χ3v) is 1.57. The quantitative estimate of drug-likeness (QED) is 0.566. The third-order valence-electron chi connectivity index (χ3n) is 1.57. The van der Waals surface area contributed by atoms with E-state index in [0.717, 1.165) is 12.1 Å². The van der Waals surface area contributed by atoms with E-state index in [-0.39, 0.29) is 22.7 Å². The number of aromatic nitrogens is 1. The van der Waals surface area contributed by atoms with Gasteiger partial charge in [-0.3, -0.25) is 9.59 Å². The Bertz CT molecular complexity index is 379. The van der Waals surface area contributed by atoms with E-state index >= 15 is 0 Å². The van der Waals surface area contributed by atoms with Gasteiger partial charge in [-0.25, -0.2) is 9.78 Å². The maximum absolute atomic E-state index is 10.9. The lowest BCUT2D eigenvalue weighted by molar-refractivity contribution is 0.0696. The monoisotopic (exact) mass is 193 g/mol. The van der Waals surface area contributed by atoms with Crippen molar-refractivity contribution in [1.82, 2.24) is 4.98 Å². The highest BCUT2D eigenvalue weighted by molar-refractivity contribution is 5.97. The largest absolute Gasteiger partial charge is 0.478 e. The molecule has 0 unspecified atom stereocenters. The number of ketones is 1. The second-order valence-corrected chi connectivity index (χ2v) is 2.65. The molecule has 0 atom stereocenters. The van der Waals surface area contributed by atoms with Gasteiger partial charge in [-0.2, -0.15) is 0 Å². The summed E-state index contributed by atoms with van der Waals surface area (Å²) in [5.74, 6) is -1.57. The van der Waals surface area contributed by atoms with Gasteiger partial charge >= 0.3 is 5.97 Å². The number of aromatic carboxylic acids is 1. The second kappa shape index (κ2) is 3.78. The van der Waals surface area contributed by atoms with Gasteiger partial charge in [0.2, 0.25) is 0 Å². The zero-order chi connectivity index (χ0) is 10.7. The number of carboxylic acid groups (broad SMARTS) is 1. The summed E-state index contributed by atoms with van der Waals surface area (Å²) in [5.41, 5.74) is -0.200. The molecule has 0 saturated heterocycles. The number of carbonyl (C=O) groups is 3. The molecule has 5 heteroatoms. The van der Waals surface area contributed by atoms with E-state index < -0.39 is 5.97 Å². The van der Waals surface area contributed by atoms with Crippen molar-refractivity contribution in [2.75, 3.05) is 0 Å². The highest BCUT2D eigenvalue weighted by Crippen LogP contribution is 2.05. The zero-order valence-corrected chi connectivity index (χ0v) is 7.35. The molecule has 0 spiro atoms. The van der Waals surface area contributed by atoms with Gasteiger partial charge in [0.25, 0.3) is 0 Å². The van der Waals surface area contributed by atoms with Crippen LogP contribution in [0.2, 0.25) is 0 Å². The Morgan fingerprint density at radius 2 is 2.07 bits per heavy atom. The Kier molecular flexibility index (Phi) is 2.71. The van der Waals surface area contributed by atoms with Crippen LogP contribution in [-0.4, -0.2) is 28.1 Å². The second-order valence-electron chi connectivity index (χ2n) is 2.65. The van der Waals surface area contributed by atoms with E-state index in [9.17, 15) is 14.4 Å². The molecule has 0 bridgehead atoms. The van der Waals surface area contributed by atoms with Crippen molar-refractivity contribution in [3.8, 4) is 0 Å². The number of Topliss-reactive ketones (excluding diaryl/α,β-unsaturated/α-hetero) is 1. The first kappa shape index (κ1) is 10.0. The van der Waals surface area contributed by atoms with E-state index in [4.69, 9.17) is 5.11 Å². The summed E-state index contributed by atoms with van der Waals surface area (Å²) in [6.45, 7) is 1.25. The smallest absolute Gasteiger partial charge is 0.335 e. The number of rotatable bonds is 3. The molecule has 72 valence electrons. The Morgan fingerprint density at radius 1 is 1.43 bits per heavy atom. The van der Waals surface area contributed by atoms with Crippen LogP contribution < -0.4 is 0 Å². The number of hydrogen-bond acceptors (Lipinski definition) is 4. The van der Waals surface area contributed by atoms with Crippen LogP contribution >= 0.6 is 0 Å². The summed E-state index contributed by atoms with van der Waals surface area (Å²) >= 11 is 0. The molecule has 5 nitrogen and oxygen atoms in total. The van der Waals surface area contributed by atoms with Crippen LogP contribution in [0, 0.1) is 0 Å². The van der Waals surface area contributed by atoms with Gasteiger partial charge in [-0.05, 0) is 12.1 Å². The molecule has 1 aromatic rings. The molecule has 1 heterocycles. The lowest BCUT2D eigenvalue weighted by atomic mass is 10.1. The van der Waals surface area contributed by atoms with Crippen LogP contribution in [0.1, 0.15) is 38.3 Å². The van der Waals surface area contributed by atoms with E-state index in [1.807, 2.05) is 0 Å². The van der Waals surface area contributed by atoms with Crippen molar-refractivity contribution < 1.29 is 19.5 Å². The van der Waals surface area contributed by atoms with Gasteiger partial charge in [0.1, 0.15) is 11.4 Å². The Labute approximate surface area is 79.4 Å². The number of carboxylic acids is 1. The fourth-order valence-corrected chi connectivity index (χ4v) is 0.916. The molecule has 0 aliphatic rings. The van der Waals surface area contributed by atoms with Gasteiger partial charge in [-0.15, -0.1) is 0 Å². The van der Waals surface area contributed by atoms with E-state index in [1.54, 1.807) is 0 Å². The molecule has 0 amide bonds.